The predicted molar refractivity (Wildman–Crippen MR) is 145 cm³/mol. The lowest BCUT2D eigenvalue weighted by molar-refractivity contribution is -0.142. The standard InChI is InChI=1S/C29H54N2O4/c1-2-3-4-5-6-7-8-9-10-11-12-13-14-15-16-17-18-19-20-21-22-23-28(33)31-26(29(34)35)24-25-27(30)32/h9-10,26H,2-8,11-25H2,1H3,(H2,30,32)(H,31,33)(H,34,35)/b10-9+. The molecule has 0 aliphatic heterocycles. The first-order chi connectivity index (χ1) is 17.0. The van der Waals surface area contributed by atoms with E-state index in [1.54, 1.807) is 0 Å². The van der Waals surface area contributed by atoms with Gasteiger partial charge in [-0.15, -0.1) is 0 Å². The zero-order chi connectivity index (χ0) is 26.0. The van der Waals surface area contributed by atoms with Crippen molar-refractivity contribution in [2.75, 3.05) is 0 Å². The van der Waals surface area contributed by atoms with E-state index in [0.29, 0.717) is 6.42 Å². The summed E-state index contributed by atoms with van der Waals surface area (Å²) >= 11 is 0. The van der Waals surface area contributed by atoms with Crippen LogP contribution in [0.25, 0.3) is 0 Å². The quantitative estimate of drug-likeness (QED) is 0.0872. The Bertz CT molecular complexity index is 563. The molecule has 0 saturated heterocycles. The molecule has 6 nitrogen and oxygen atoms in total. The Morgan fingerprint density at radius 3 is 1.54 bits per heavy atom. The summed E-state index contributed by atoms with van der Waals surface area (Å²) in [7, 11) is 0. The number of carbonyl (C=O) groups excluding carboxylic acids is 2. The Labute approximate surface area is 214 Å². The van der Waals surface area contributed by atoms with E-state index in [4.69, 9.17) is 10.8 Å². The Balaban J connectivity index is 3.39. The maximum Gasteiger partial charge on any atom is 0.326 e. The average molecular weight is 495 g/mol. The summed E-state index contributed by atoms with van der Waals surface area (Å²) in [5.41, 5.74) is 5.04. The molecule has 1 atom stereocenters. The smallest absolute Gasteiger partial charge is 0.326 e. The number of primary amides is 1. The molecule has 0 spiro atoms. The number of rotatable bonds is 26. The van der Waals surface area contributed by atoms with E-state index in [0.717, 1.165) is 19.3 Å². The van der Waals surface area contributed by atoms with Gasteiger partial charge in [-0.2, -0.15) is 0 Å². The number of hydrogen-bond acceptors (Lipinski definition) is 3. The maximum atomic E-state index is 11.9. The molecule has 0 fully saturated rings. The van der Waals surface area contributed by atoms with E-state index < -0.39 is 17.9 Å². The van der Waals surface area contributed by atoms with Crippen molar-refractivity contribution in [3.8, 4) is 0 Å². The number of nitrogens with one attached hydrogen (secondary N) is 1. The zero-order valence-electron chi connectivity index (χ0n) is 22.5. The lowest BCUT2D eigenvalue weighted by Gasteiger charge is -2.13. The Morgan fingerprint density at radius 2 is 1.11 bits per heavy atom. The molecule has 4 N–H and O–H groups in total. The van der Waals surface area contributed by atoms with E-state index >= 15 is 0 Å². The van der Waals surface area contributed by atoms with Gasteiger partial charge >= 0.3 is 5.97 Å². The molecule has 1 unspecified atom stereocenters. The average Bonchev–Trinajstić information content (AvgIpc) is 2.82. The minimum absolute atomic E-state index is 0.0345. The summed E-state index contributed by atoms with van der Waals surface area (Å²) in [6, 6.07) is -1.04. The Kier molecular flexibility index (Phi) is 23.9. The van der Waals surface area contributed by atoms with Crippen LogP contribution in [0.3, 0.4) is 0 Å². The molecule has 204 valence electrons. The van der Waals surface area contributed by atoms with Crippen molar-refractivity contribution >= 4 is 17.8 Å². The van der Waals surface area contributed by atoms with Crippen LogP contribution in [0, 0.1) is 0 Å². The second-order valence-corrected chi connectivity index (χ2v) is 9.92. The van der Waals surface area contributed by atoms with Crippen molar-refractivity contribution in [1.29, 1.82) is 0 Å². The van der Waals surface area contributed by atoms with Gasteiger partial charge in [0.05, 0.1) is 0 Å². The third-order valence-corrected chi connectivity index (χ3v) is 6.48. The van der Waals surface area contributed by atoms with Crippen LogP contribution in [0.1, 0.15) is 148 Å². The molecule has 0 saturated carbocycles. The highest BCUT2D eigenvalue weighted by molar-refractivity contribution is 5.84. The number of carboxylic acid groups (broad SMARTS) is 1. The van der Waals surface area contributed by atoms with Gasteiger partial charge in [-0.05, 0) is 38.5 Å². The lowest BCUT2D eigenvalue weighted by Crippen LogP contribution is -2.41. The highest BCUT2D eigenvalue weighted by atomic mass is 16.4. The minimum atomic E-state index is -1.13. The van der Waals surface area contributed by atoms with Gasteiger partial charge in [0.15, 0.2) is 0 Å². The normalized spacial score (nSPS) is 12.1. The number of allylic oxidation sites excluding steroid dienone is 2. The minimum Gasteiger partial charge on any atom is -0.480 e. The number of unbranched alkanes of at least 4 members (excludes halogenated alkanes) is 17. The van der Waals surface area contributed by atoms with Crippen molar-refractivity contribution in [3.63, 3.8) is 0 Å². The van der Waals surface area contributed by atoms with E-state index in [1.807, 2.05) is 0 Å². The first-order valence-electron chi connectivity index (χ1n) is 14.4. The van der Waals surface area contributed by atoms with Crippen LogP contribution in [-0.4, -0.2) is 28.9 Å². The van der Waals surface area contributed by atoms with Gasteiger partial charge in [0.2, 0.25) is 11.8 Å². The van der Waals surface area contributed by atoms with Gasteiger partial charge in [-0.25, -0.2) is 4.79 Å². The third kappa shape index (κ3) is 25.1. The monoisotopic (exact) mass is 494 g/mol. The van der Waals surface area contributed by atoms with E-state index in [1.165, 1.54) is 103 Å². The molecule has 0 bridgehead atoms. The van der Waals surface area contributed by atoms with Gasteiger partial charge in [-0.1, -0.05) is 109 Å². The molecule has 35 heavy (non-hydrogen) atoms. The number of nitrogens with two attached hydrogens (primary N) is 1. The largest absolute Gasteiger partial charge is 0.480 e. The van der Waals surface area contributed by atoms with Gasteiger partial charge in [0.25, 0.3) is 0 Å². The van der Waals surface area contributed by atoms with Gasteiger partial charge in [-0.3, -0.25) is 9.59 Å². The fourth-order valence-electron chi connectivity index (χ4n) is 4.23. The molecule has 0 rings (SSSR count). The van der Waals surface area contributed by atoms with Crippen LogP contribution in [0.2, 0.25) is 0 Å². The lowest BCUT2D eigenvalue weighted by atomic mass is 10.0. The molecule has 0 aliphatic rings. The van der Waals surface area contributed by atoms with Crippen LogP contribution in [0.15, 0.2) is 12.2 Å². The summed E-state index contributed by atoms with van der Waals surface area (Å²) in [4.78, 5) is 33.9. The number of amides is 2. The third-order valence-electron chi connectivity index (χ3n) is 6.48. The maximum absolute atomic E-state index is 11.9. The molecule has 0 aliphatic carbocycles. The summed E-state index contributed by atoms with van der Waals surface area (Å²) in [6.45, 7) is 2.27. The van der Waals surface area contributed by atoms with Gasteiger partial charge in [0, 0.05) is 12.8 Å². The van der Waals surface area contributed by atoms with Gasteiger partial charge in [0.1, 0.15) is 6.04 Å². The molecular weight excluding hydrogens is 440 g/mol. The molecule has 0 aromatic heterocycles. The second kappa shape index (κ2) is 25.2. The molecule has 2 amide bonds. The molecule has 0 radical (unpaired) electrons. The van der Waals surface area contributed by atoms with Gasteiger partial charge < -0.3 is 16.2 Å². The van der Waals surface area contributed by atoms with E-state index in [2.05, 4.69) is 24.4 Å². The highest BCUT2D eigenvalue weighted by Crippen LogP contribution is 2.13. The fraction of sp³-hybridized carbons (Fsp3) is 0.828. The van der Waals surface area contributed by atoms with Crippen LogP contribution in [0.5, 0.6) is 0 Å². The SMILES string of the molecule is CCCCCCCC/C=C/CCCCCCCCCCCCCC(=O)NC(CCC(N)=O)C(=O)O. The first-order valence-corrected chi connectivity index (χ1v) is 14.4. The van der Waals surface area contributed by atoms with Crippen molar-refractivity contribution in [2.45, 2.75) is 154 Å². The molecular formula is C29H54N2O4. The van der Waals surface area contributed by atoms with Crippen LogP contribution < -0.4 is 11.1 Å². The topological polar surface area (TPSA) is 109 Å². The Hall–Kier alpha value is -1.85. The van der Waals surface area contributed by atoms with Crippen molar-refractivity contribution in [1.82, 2.24) is 5.32 Å². The molecule has 0 aromatic carbocycles. The molecule has 0 aromatic rings. The number of aliphatic carboxylic acids is 1. The fourth-order valence-corrected chi connectivity index (χ4v) is 4.23. The first kappa shape index (κ1) is 33.1. The number of hydrogen-bond donors (Lipinski definition) is 3. The van der Waals surface area contributed by atoms with Crippen LogP contribution >= 0.6 is 0 Å². The highest BCUT2D eigenvalue weighted by Gasteiger charge is 2.20. The van der Waals surface area contributed by atoms with Crippen molar-refractivity contribution in [2.24, 2.45) is 5.73 Å². The second-order valence-electron chi connectivity index (χ2n) is 9.92. The number of carboxylic acids is 1. The van der Waals surface area contributed by atoms with Crippen molar-refractivity contribution in [3.05, 3.63) is 12.2 Å². The van der Waals surface area contributed by atoms with Crippen LogP contribution in [-0.2, 0) is 14.4 Å². The van der Waals surface area contributed by atoms with E-state index in [9.17, 15) is 14.4 Å². The van der Waals surface area contributed by atoms with E-state index in [-0.39, 0.29) is 18.7 Å². The van der Waals surface area contributed by atoms with Crippen LogP contribution in [0.4, 0.5) is 0 Å². The summed E-state index contributed by atoms with van der Waals surface area (Å²) in [6.07, 6.45) is 29.1. The Morgan fingerprint density at radius 1 is 0.686 bits per heavy atom. The predicted octanol–water partition coefficient (Wildman–Crippen LogP) is 7.20. The summed E-state index contributed by atoms with van der Waals surface area (Å²) in [5.74, 6) is -1.96. The number of carbonyl (C=O) groups is 3. The summed E-state index contributed by atoms with van der Waals surface area (Å²) < 4.78 is 0. The zero-order valence-corrected chi connectivity index (χ0v) is 22.5. The molecule has 0 heterocycles. The summed E-state index contributed by atoms with van der Waals surface area (Å²) in [5, 5.41) is 11.6. The molecule has 6 heteroatoms. The van der Waals surface area contributed by atoms with Crippen molar-refractivity contribution < 1.29 is 19.5 Å².